The Morgan fingerprint density at radius 1 is 0.818 bits per heavy atom. The summed E-state index contributed by atoms with van der Waals surface area (Å²) in [6.07, 6.45) is 0. The Kier molecular flexibility index (Phi) is 4.59. The second-order valence-electron chi connectivity index (χ2n) is 8.13. The smallest absolute Gasteiger partial charge is 0.344 e. The molecule has 6 rings (SSSR count). The summed E-state index contributed by atoms with van der Waals surface area (Å²) in [5.41, 5.74) is 2.67. The van der Waals surface area contributed by atoms with E-state index in [0.717, 1.165) is 10.9 Å². The van der Waals surface area contributed by atoms with Crippen LogP contribution in [0.4, 0.5) is 0 Å². The standard InChI is InChI=1S/C27H19NO5/c29-25-13-20(21-12-18-8-4-5-9-23(18)32-27(21)30)19-10-11-24-22(26(19)33-25)15-28(16-31-24)14-17-6-2-1-3-7-17/h1-13H,14-16H2. The Hall–Kier alpha value is -4.16. The van der Waals surface area contributed by atoms with Gasteiger partial charge in [-0.25, -0.2) is 9.59 Å². The lowest BCUT2D eigenvalue weighted by molar-refractivity contribution is 0.0890. The lowest BCUT2D eigenvalue weighted by Gasteiger charge is -2.29. The van der Waals surface area contributed by atoms with Gasteiger partial charge in [0.05, 0.1) is 11.1 Å². The van der Waals surface area contributed by atoms with E-state index < -0.39 is 11.3 Å². The van der Waals surface area contributed by atoms with Gasteiger partial charge in [-0.3, -0.25) is 4.90 Å². The van der Waals surface area contributed by atoms with E-state index in [1.165, 1.54) is 11.6 Å². The van der Waals surface area contributed by atoms with E-state index in [1.807, 2.05) is 48.5 Å². The number of nitrogens with zero attached hydrogens (tertiary/aromatic N) is 1. The second-order valence-corrected chi connectivity index (χ2v) is 8.13. The molecule has 3 heterocycles. The summed E-state index contributed by atoms with van der Waals surface area (Å²) in [5, 5.41) is 1.45. The normalized spacial score (nSPS) is 13.7. The molecule has 162 valence electrons. The van der Waals surface area contributed by atoms with Gasteiger partial charge in [0.15, 0.2) is 0 Å². The lowest BCUT2D eigenvalue weighted by Crippen LogP contribution is -2.31. The molecule has 6 nitrogen and oxygen atoms in total. The third kappa shape index (κ3) is 3.50. The summed E-state index contributed by atoms with van der Waals surface area (Å²) in [7, 11) is 0. The molecule has 0 unspecified atom stereocenters. The summed E-state index contributed by atoms with van der Waals surface area (Å²) >= 11 is 0. The molecule has 1 aliphatic heterocycles. The zero-order valence-electron chi connectivity index (χ0n) is 17.6. The molecule has 0 amide bonds. The predicted molar refractivity (Wildman–Crippen MR) is 125 cm³/mol. The first kappa shape index (κ1) is 19.5. The second kappa shape index (κ2) is 7.76. The predicted octanol–water partition coefficient (Wildman–Crippen LogP) is 4.92. The lowest BCUT2D eigenvalue weighted by atomic mass is 9.99. The summed E-state index contributed by atoms with van der Waals surface area (Å²) < 4.78 is 17.1. The minimum Gasteiger partial charge on any atom is -0.478 e. The van der Waals surface area contributed by atoms with Crippen molar-refractivity contribution in [1.29, 1.82) is 0 Å². The van der Waals surface area contributed by atoms with E-state index in [0.29, 0.717) is 53.2 Å². The fraction of sp³-hybridized carbons (Fsp3) is 0.111. The number of hydrogen-bond donors (Lipinski definition) is 0. The Balaban J connectivity index is 1.49. The maximum absolute atomic E-state index is 12.8. The van der Waals surface area contributed by atoms with Gasteiger partial charge in [-0.05, 0) is 29.8 Å². The van der Waals surface area contributed by atoms with Gasteiger partial charge in [0.1, 0.15) is 23.6 Å². The average molecular weight is 437 g/mol. The number of fused-ring (bicyclic) bond motifs is 4. The Morgan fingerprint density at radius 3 is 2.52 bits per heavy atom. The summed E-state index contributed by atoms with van der Waals surface area (Å²) in [6, 6.07) is 24.2. The molecule has 0 fully saturated rings. The van der Waals surface area contributed by atoms with E-state index in [1.54, 1.807) is 12.1 Å². The number of para-hydroxylation sites is 1. The van der Waals surface area contributed by atoms with Crippen molar-refractivity contribution in [3.05, 3.63) is 111 Å². The molecular weight excluding hydrogens is 418 g/mol. The van der Waals surface area contributed by atoms with Crippen LogP contribution in [0.25, 0.3) is 33.1 Å². The maximum atomic E-state index is 12.8. The summed E-state index contributed by atoms with van der Waals surface area (Å²) in [4.78, 5) is 27.5. The quantitative estimate of drug-likeness (QED) is 0.373. The fourth-order valence-electron chi connectivity index (χ4n) is 4.39. The number of ether oxygens (including phenoxy) is 1. The van der Waals surface area contributed by atoms with Gasteiger partial charge in [0.25, 0.3) is 0 Å². The fourth-order valence-corrected chi connectivity index (χ4v) is 4.39. The van der Waals surface area contributed by atoms with Gasteiger partial charge in [-0.1, -0.05) is 48.5 Å². The SMILES string of the molecule is O=c1cc(-c2cc3ccccc3oc2=O)c2ccc3c(c2o1)CN(Cc1ccccc1)CO3. The average Bonchev–Trinajstić information content (AvgIpc) is 2.84. The molecule has 0 atom stereocenters. The van der Waals surface area contributed by atoms with Crippen LogP contribution < -0.4 is 16.0 Å². The van der Waals surface area contributed by atoms with Crippen LogP contribution in [-0.2, 0) is 13.1 Å². The number of hydrogen-bond acceptors (Lipinski definition) is 6. The number of rotatable bonds is 3. The van der Waals surface area contributed by atoms with Crippen molar-refractivity contribution in [3.63, 3.8) is 0 Å². The minimum absolute atomic E-state index is 0.324. The first-order chi connectivity index (χ1) is 16.2. The first-order valence-electron chi connectivity index (χ1n) is 10.7. The number of benzene rings is 3. The maximum Gasteiger partial charge on any atom is 0.344 e. The van der Waals surface area contributed by atoms with E-state index in [-0.39, 0.29) is 0 Å². The minimum atomic E-state index is -0.529. The zero-order valence-corrected chi connectivity index (χ0v) is 17.6. The Bertz CT molecular complexity index is 1620. The van der Waals surface area contributed by atoms with Gasteiger partial charge in [0.2, 0.25) is 0 Å². The molecule has 6 heteroatoms. The highest BCUT2D eigenvalue weighted by Gasteiger charge is 2.23. The molecule has 33 heavy (non-hydrogen) atoms. The van der Waals surface area contributed by atoms with Crippen LogP contribution in [0.5, 0.6) is 5.75 Å². The van der Waals surface area contributed by atoms with Crippen LogP contribution in [0, 0.1) is 0 Å². The molecule has 3 aromatic carbocycles. The third-order valence-corrected chi connectivity index (χ3v) is 5.94. The topological polar surface area (TPSA) is 72.9 Å². The highest BCUT2D eigenvalue weighted by Crippen LogP contribution is 2.36. The van der Waals surface area contributed by atoms with Gasteiger partial charge >= 0.3 is 11.3 Å². The molecular formula is C27H19NO5. The molecule has 0 saturated heterocycles. The van der Waals surface area contributed by atoms with Gasteiger partial charge < -0.3 is 13.6 Å². The molecule has 1 aliphatic rings. The highest BCUT2D eigenvalue weighted by atomic mass is 16.5. The van der Waals surface area contributed by atoms with Crippen molar-refractivity contribution in [1.82, 2.24) is 4.90 Å². The molecule has 2 aromatic heterocycles. The van der Waals surface area contributed by atoms with E-state index in [9.17, 15) is 9.59 Å². The van der Waals surface area contributed by atoms with Gasteiger partial charge in [0, 0.05) is 35.5 Å². The van der Waals surface area contributed by atoms with Crippen LogP contribution in [0.15, 0.2) is 97.3 Å². The van der Waals surface area contributed by atoms with E-state index in [2.05, 4.69) is 17.0 Å². The highest BCUT2D eigenvalue weighted by molar-refractivity contribution is 5.97. The summed E-state index contributed by atoms with van der Waals surface area (Å²) in [5.74, 6) is 0.678. The van der Waals surface area contributed by atoms with Crippen molar-refractivity contribution < 1.29 is 13.6 Å². The van der Waals surface area contributed by atoms with Crippen LogP contribution in [0.3, 0.4) is 0 Å². The molecule has 0 saturated carbocycles. The van der Waals surface area contributed by atoms with Crippen molar-refractivity contribution in [2.24, 2.45) is 0 Å². The van der Waals surface area contributed by atoms with Gasteiger partial charge in [-0.2, -0.15) is 0 Å². The monoisotopic (exact) mass is 437 g/mol. The van der Waals surface area contributed by atoms with Crippen LogP contribution in [-0.4, -0.2) is 11.6 Å². The van der Waals surface area contributed by atoms with E-state index in [4.69, 9.17) is 13.6 Å². The van der Waals surface area contributed by atoms with Crippen molar-refractivity contribution in [2.75, 3.05) is 6.73 Å². The molecule has 0 radical (unpaired) electrons. The largest absolute Gasteiger partial charge is 0.478 e. The van der Waals surface area contributed by atoms with Crippen molar-refractivity contribution in [2.45, 2.75) is 13.1 Å². The zero-order chi connectivity index (χ0) is 22.4. The molecule has 0 aliphatic carbocycles. The summed E-state index contributed by atoms with van der Waals surface area (Å²) in [6.45, 7) is 1.70. The van der Waals surface area contributed by atoms with Crippen LogP contribution in [0.2, 0.25) is 0 Å². The van der Waals surface area contributed by atoms with Crippen LogP contribution >= 0.6 is 0 Å². The first-order valence-corrected chi connectivity index (χ1v) is 10.7. The Morgan fingerprint density at radius 2 is 1.64 bits per heavy atom. The Labute approximate surface area is 188 Å². The third-order valence-electron chi connectivity index (χ3n) is 5.94. The molecule has 5 aromatic rings. The van der Waals surface area contributed by atoms with Crippen molar-refractivity contribution in [3.8, 4) is 16.9 Å². The molecule has 0 N–H and O–H groups in total. The molecule has 0 bridgehead atoms. The van der Waals surface area contributed by atoms with E-state index >= 15 is 0 Å². The van der Waals surface area contributed by atoms with Gasteiger partial charge in [-0.15, -0.1) is 0 Å². The molecule has 0 spiro atoms. The van der Waals surface area contributed by atoms with Crippen LogP contribution in [0.1, 0.15) is 11.1 Å². The van der Waals surface area contributed by atoms with Crippen molar-refractivity contribution >= 4 is 21.9 Å².